The van der Waals surface area contributed by atoms with E-state index in [1.165, 1.54) is 94.1 Å². The maximum absolute atomic E-state index is 12.3. The molecule has 0 spiro atoms. The van der Waals surface area contributed by atoms with E-state index in [2.05, 4.69) is 16.9 Å². The second kappa shape index (κ2) is 20.2. The summed E-state index contributed by atoms with van der Waals surface area (Å²) in [4.78, 5) is 18.1. The number of nitrogens with zero attached hydrogens (tertiary/aromatic N) is 4. The van der Waals surface area contributed by atoms with Crippen molar-refractivity contribution < 1.29 is 38.2 Å². The number of unbranched alkanes of at least 4 members (excludes halogenated alkanes) is 13. The number of nitriles is 1. The van der Waals surface area contributed by atoms with Crippen LogP contribution in [0, 0.1) is 11.3 Å². The first-order valence-electron chi connectivity index (χ1n) is 16.5. The number of rotatable bonds is 24. The van der Waals surface area contributed by atoms with E-state index in [-0.39, 0.29) is 23.6 Å². The highest BCUT2D eigenvalue weighted by Crippen LogP contribution is 2.44. The lowest BCUT2D eigenvalue weighted by Gasteiger charge is -2.18. The fourth-order valence-electron chi connectivity index (χ4n) is 5.54. The van der Waals surface area contributed by atoms with Crippen LogP contribution in [0.1, 0.15) is 115 Å². The summed E-state index contributed by atoms with van der Waals surface area (Å²) in [7, 11) is -4.43. The summed E-state index contributed by atoms with van der Waals surface area (Å²) in [6.07, 6.45) is 16.1. The predicted molar refractivity (Wildman–Crippen MR) is 170 cm³/mol. The minimum Gasteiger partial charge on any atom is -0.397 e. The van der Waals surface area contributed by atoms with Crippen molar-refractivity contribution in [3.05, 3.63) is 18.2 Å². The molecular formula is C31H52N5O8P. The van der Waals surface area contributed by atoms with Crippen LogP contribution in [-0.2, 0) is 23.1 Å². The number of aromatic nitrogens is 3. The van der Waals surface area contributed by atoms with E-state index in [4.69, 9.17) is 24.3 Å². The van der Waals surface area contributed by atoms with E-state index in [9.17, 15) is 24.9 Å². The Bertz CT molecular complexity index is 1220. The molecule has 1 unspecified atom stereocenters. The zero-order valence-electron chi connectivity index (χ0n) is 26.6. The molecule has 3 heterocycles. The van der Waals surface area contributed by atoms with E-state index in [1.54, 1.807) is 0 Å². The summed E-state index contributed by atoms with van der Waals surface area (Å²) in [5, 5.41) is 30.7. The maximum Gasteiger partial charge on any atom is 0.472 e. The standard InChI is InChI=1S/C31H52N5O8P/c1-2-3-4-5-6-7-8-9-10-11-12-13-14-15-17-41-18-16-19-42-45(39,40)43-22-26-28(37)29(38)31(44-26)36-21-24(33)27-25(20-32)34-23-35-30(27)36/h21,23,26,28-29,31,37-38H,2-19,22,33H2,1H3,(H,39,40)/t26-,28-,29-,31-/m1/s1. The van der Waals surface area contributed by atoms with Gasteiger partial charge in [-0.25, -0.2) is 14.5 Å². The molecule has 1 aliphatic rings. The Kier molecular flexibility index (Phi) is 16.7. The number of nitrogens with two attached hydrogens (primary N) is 1. The van der Waals surface area contributed by atoms with Crippen molar-refractivity contribution in [1.82, 2.24) is 14.5 Å². The normalized spacial score (nSPS) is 21.3. The molecule has 5 N–H and O–H groups in total. The number of hydrogen-bond acceptors (Lipinski definition) is 11. The van der Waals surface area contributed by atoms with Gasteiger partial charge in [0.1, 0.15) is 36.4 Å². The summed E-state index contributed by atoms with van der Waals surface area (Å²) in [5.41, 5.74) is 6.51. The van der Waals surface area contributed by atoms with E-state index in [0.717, 1.165) is 12.8 Å². The highest BCUT2D eigenvalue weighted by Gasteiger charge is 2.45. The van der Waals surface area contributed by atoms with Crippen molar-refractivity contribution in [3.8, 4) is 6.07 Å². The van der Waals surface area contributed by atoms with Gasteiger partial charge in [0.15, 0.2) is 11.9 Å². The van der Waals surface area contributed by atoms with Crippen molar-refractivity contribution in [2.45, 2.75) is 128 Å². The molecule has 0 aliphatic carbocycles. The lowest BCUT2D eigenvalue weighted by atomic mass is 10.0. The smallest absolute Gasteiger partial charge is 0.397 e. The molecule has 1 fully saturated rings. The molecule has 1 saturated heterocycles. The van der Waals surface area contributed by atoms with Crippen molar-refractivity contribution in [3.63, 3.8) is 0 Å². The molecule has 3 rings (SSSR count). The third-order valence-corrected chi connectivity index (χ3v) is 9.07. The lowest BCUT2D eigenvalue weighted by Crippen LogP contribution is -2.33. The van der Waals surface area contributed by atoms with Crippen LogP contribution in [0.25, 0.3) is 11.0 Å². The van der Waals surface area contributed by atoms with Gasteiger partial charge >= 0.3 is 7.82 Å². The van der Waals surface area contributed by atoms with Crippen molar-refractivity contribution in [1.29, 1.82) is 5.26 Å². The molecule has 13 nitrogen and oxygen atoms in total. The summed E-state index contributed by atoms with van der Waals surface area (Å²) in [6.45, 7) is 2.76. The van der Waals surface area contributed by atoms with Crippen LogP contribution in [0.2, 0.25) is 0 Å². The van der Waals surface area contributed by atoms with Gasteiger partial charge in [0.2, 0.25) is 0 Å². The Hall–Kier alpha value is -2.14. The van der Waals surface area contributed by atoms with Gasteiger partial charge in [-0.2, -0.15) is 5.26 Å². The maximum atomic E-state index is 12.3. The third-order valence-electron chi connectivity index (χ3n) is 8.09. The van der Waals surface area contributed by atoms with E-state index in [1.807, 2.05) is 6.07 Å². The van der Waals surface area contributed by atoms with Crippen LogP contribution < -0.4 is 5.73 Å². The number of nitrogen functional groups attached to an aromatic ring is 1. The molecule has 0 radical (unpaired) electrons. The number of ether oxygens (including phenoxy) is 2. The summed E-state index contributed by atoms with van der Waals surface area (Å²) in [6, 6.07) is 1.93. The van der Waals surface area contributed by atoms with E-state index < -0.39 is 39.0 Å². The van der Waals surface area contributed by atoms with Crippen LogP contribution in [0.3, 0.4) is 0 Å². The number of phosphoric ester groups is 1. The molecule has 1 aliphatic heterocycles. The fourth-order valence-corrected chi connectivity index (χ4v) is 6.31. The quantitative estimate of drug-likeness (QED) is 0.0819. The SMILES string of the molecule is CCCCCCCCCCCCCCCCOCCCOP(=O)(O)OC[C@H]1O[C@@H](n2cc(N)c3c(C#N)ncnc32)[C@H](O)[C@@H]1O. The summed E-state index contributed by atoms with van der Waals surface area (Å²) < 4.78 is 35.1. The zero-order chi connectivity index (χ0) is 32.5. The van der Waals surface area contributed by atoms with Crippen molar-refractivity contribution in [2.24, 2.45) is 0 Å². The minimum absolute atomic E-state index is 0.0403. The number of fused-ring (bicyclic) bond motifs is 1. The fraction of sp³-hybridized carbons (Fsp3) is 0.774. The minimum atomic E-state index is -4.43. The molecule has 254 valence electrons. The largest absolute Gasteiger partial charge is 0.472 e. The first-order valence-corrected chi connectivity index (χ1v) is 18.0. The van der Waals surface area contributed by atoms with Gasteiger partial charge in [0.05, 0.1) is 24.3 Å². The molecule has 0 aromatic carbocycles. The van der Waals surface area contributed by atoms with Gasteiger partial charge in [-0.3, -0.25) is 9.05 Å². The van der Waals surface area contributed by atoms with E-state index >= 15 is 0 Å². The van der Waals surface area contributed by atoms with Gasteiger partial charge in [-0.05, 0) is 12.8 Å². The molecule has 0 saturated carbocycles. The zero-order valence-corrected chi connectivity index (χ0v) is 27.5. The summed E-state index contributed by atoms with van der Waals surface area (Å²) in [5.74, 6) is 0. The second-order valence-electron chi connectivity index (χ2n) is 11.7. The van der Waals surface area contributed by atoms with Gasteiger partial charge in [-0.15, -0.1) is 0 Å². The van der Waals surface area contributed by atoms with Crippen molar-refractivity contribution >= 4 is 24.5 Å². The predicted octanol–water partition coefficient (Wildman–Crippen LogP) is 5.53. The van der Waals surface area contributed by atoms with Gasteiger partial charge in [0.25, 0.3) is 0 Å². The molecule has 5 atom stereocenters. The summed E-state index contributed by atoms with van der Waals surface area (Å²) >= 11 is 0. The lowest BCUT2D eigenvalue weighted by molar-refractivity contribution is -0.0512. The second-order valence-corrected chi connectivity index (χ2v) is 13.2. The van der Waals surface area contributed by atoms with Gasteiger partial charge in [0, 0.05) is 19.4 Å². The van der Waals surface area contributed by atoms with Crippen LogP contribution >= 0.6 is 7.82 Å². The van der Waals surface area contributed by atoms with Crippen LogP contribution in [0.15, 0.2) is 12.5 Å². The molecule has 45 heavy (non-hydrogen) atoms. The Morgan fingerprint density at radius 1 is 0.911 bits per heavy atom. The molecule has 2 aromatic heterocycles. The molecule has 14 heteroatoms. The number of hydrogen-bond donors (Lipinski definition) is 4. The monoisotopic (exact) mass is 653 g/mol. The molecule has 0 bridgehead atoms. The Balaban J connectivity index is 1.21. The Labute approximate surface area is 266 Å². The average Bonchev–Trinajstić information content (AvgIpc) is 3.52. The van der Waals surface area contributed by atoms with Crippen LogP contribution in [0.5, 0.6) is 0 Å². The topological polar surface area (TPSA) is 195 Å². The number of aliphatic hydroxyl groups is 2. The van der Waals surface area contributed by atoms with Crippen LogP contribution in [-0.4, -0.2) is 74.4 Å². The van der Waals surface area contributed by atoms with E-state index in [0.29, 0.717) is 25.0 Å². The first-order chi connectivity index (χ1) is 21.8. The Morgan fingerprint density at radius 2 is 1.51 bits per heavy atom. The number of aliphatic hydroxyl groups excluding tert-OH is 2. The van der Waals surface area contributed by atoms with Crippen LogP contribution in [0.4, 0.5) is 5.69 Å². The molecule has 2 aromatic rings. The average molecular weight is 654 g/mol. The highest BCUT2D eigenvalue weighted by molar-refractivity contribution is 7.47. The number of phosphoric acid groups is 1. The molecular weight excluding hydrogens is 601 g/mol. The number of anilines is 1. The molecule has 0 amide bonds. The van der Waals surface area contributed by atoms with Crippen molar-refractivity contribution in [2.75, 3.05) is 32.2 Å². The Morgan fingerprint density at radius 3 is 2.13 bits per heavy atom. The first kappa shape index (κ1) is 37.3. The highest BCUT2D eigenvalue weighted by atomic mass is 31.2. The van der Waals surface area contributed by atoms with Gasteiger partial charge in [-0.1, -0.05) is 90.4 Å². The third kappa shape index (κ3) is 12.2. The van der Waals surface area contributed by atoms with Gasteiger partial charge < -0.3 is 34.9 Å².